The van der Waals surface area contributed by atoms with Crippen molar-refractivity contribution in [2.24, 2.45) is 10.9 Å². The Kier molecular flexibility index (Phi) is 9.58. The first-order valence-corrected chi connectivity index (χ1v) is 8.46. The lowest BCUT2D eigenvalue weighted by Gasteiger charge is -2.30. The summed E-state index contributed by atoms with van der Waals surface area (Å²) in [4.78, 5) is 6.67. The molecule has 24 heavy (non-hydrogen) atoms. The number of aliphatic imine (C=N–C) groups is 1. The van der Waals surface area contributed by atoms with E-state index in [-0.39, 0.29) is 29.8 Å². The van der Waals surface area contributed by atoms with Crippen LogP contribution in [0.5, 0.6) is 0 Å². The Balaban J connectivity index is 0.00000288. The van der Waals surface area contributed by atoms with Crippen molar-refractivity contribution in [1.82, 2.24) is 15.5 Å². The van der Waals surface area contributed by atoms with Gasteiger partial charge in [0.25, 0.3) is 0 Å². The highest BCUT2D eigenvalue weighted by Crippen LogP contribution is 2.13. The summed E-state index contributed by atoms with van der Waals surface area (Å²) >= 11 is 0. The number of hydrogen-bond donors (Lipinski definition) is 2. The van der Waals surface area contributed by atoms with E-state index in [1.54, 1.807) is 13.1 Å². The Morgan fingerprint density at radius 3 is 2.83 bits per heavy atom. The largest absolute Gasteiger partial charge is 0.356 e. The van der Waals surface area contributed by atoms with E-state index >= 15 is 0 Å². The predicted molar refractivity (Wildman–Crippen MR) is 110 cm³/mol. The molecule has 0 bridgehead atoms. The Morgan fingerprint density at radius 1 is 1.38 bits per heavy atom. The van der Waals surface area contributed by atoms with E-state index < -0.39 is 0 Å². The lowest BCUT2D eigenvalue weighted by Crippen LogP contribution is -2.44. The van der Waals surface area contributed by atoms with Crippen molar-refractivity contribution in [3.63, 3.8) is 0 Å². The first-order valence-electron chi connectivity index (χ1n) is 8.46. The number of aryl methyl sites for hydroxylation is 1. The van der Waals surface area contributed by atoms with Gasteiger partial charge in [0.2, 0.25) is 0 Å². The Morgan fingerprint density at radius 2 is 2.17 bits per heavy atom. The van der Waals surface area contributed by atoms with Gasteiger partial charge in [-0.15, -0.1) is 24.0 Å². The zero-order chi connectivity index (χ0) is 16.7. The average Bonchev–Trinajstić information content (AvgIpc) is 2.52. The van der Waals surface area contributed by atoms with Gasteiger partial charge < -0.3 is 15.5 Å². The zero-order valence-corrected chi connectivity index (χ0v) is 17.3. The van der Waals surface area contributed by atoms with Crippen molar-refractivity contribution in [2.45, 2.75) is 26.2 Å². The molecular formula is C18H30FIN4. The van der Waals surface area contributed by atoms with E-state index in [4.69, 9.17) is 0 Å². The van der Waals surface area contributed by atoms with E-state index in [0.29, 0.717) is 5.92 Å². The van der Waals surface area contributed by atoms with Gasteiger partial charge in [0.1, 0.15) is 5.82 Å². The van der Waals surface area contributed by atoms with Crippen LogP contribution in [0.25, 0.3) is 0 Å². The van der Waals surface area contributed by atoms with Crippen molar-refractivity contribution in [3.05, 3.63) is 35.1 Å². The van der Waals surface area contributed by atoms with Gasteiger partial charge in [-0.05, 0) is 69.0 Å². The van der Waals surface area contributed by atoms with Crippen molar-refractivity contribution < 1.29 is 4.39 Å². The van der Waals surface area contributed by atoms with Crippen LogP contribution in [-0.4, -0.2) is 51.1 Å². The number of benzene rings is 1. The van der Waals surface area contributed by atoms with Crippen LogP contribution in [0.3, 0.4) is 0 Å². The standard InChI is InChI=1S/C18H29FN4.HI/c1-14-11-17(19)7-6-16(14)8-9-21-18(20-2)22-12-15-5-4-10-23(3)13-15;/h6-7,11,15H,4-5,8-10,12-13H2,1-3H3,(H2,20,21,22);1H. The van der Waals surface area contributed by atoms with Gasteiger partial charge >= 0.3 is 0 Å². The normalized spacial score (nSPS) is 18.8. The molecule has 4 nitrogen and oxygen atoms in total. The molecule has 136 valence electrons. The summed E-state index contributed by atoms with van der Waals surface area (Å²) in [6.07, 6.45) is 3.42. The highest BCUT2D eigenvalue weighted by Gasteiger charge is 2.17. The average molecular weight is 448 g/mol. The second kappa shape index (κ2) is 10.9. The van der Waals surface area contributed by atoms with Crippen LogP contribution in [0.4, 0.5) is 4.39 Å². The van der Waals surface area contributed by atoms with Crippen LogP contribution in [0, 0.1) is 18.7 Å². The number of nitrogens with zero attached hydrogens (tertiary/aromatic N) is 2. The second-order valence-corrected chi connectivity index (χ2v) is 6.47. The van der Waals surface area contributed by atoms with Crippen molar-refractivity contribution in [3.8, 4) is 0 Å². The van der Waals surface area contributed by atoms with E-state index in [9.17, 15) is 4.39 Å². The van der Waals surface area contributed by atoms with E-state index in [1.807, 2.05) is 13.0 Å². The predicted octanol–water partition coefficient (Wildman–Crippen LogP) is 2.80. The summed E-state index contributed by atoms with van der Waals surface area (Å²) < 4.78 is 13.1. The number of nitrogens with one attached hydrogen (secondary N) is 2. The van der Waals surface area contributed by atoms with E-state index in [0.717, 1.165) is 37.6 Å². The van der Waals surface area contributed by atoms with Crippen molar-refractivity contribution in [1.29, 1.82) is 0 Å². The molecule has 1 heterocycles. The van der Waals surface area contributed by atoms with E-state index in [1.165, 1.54) is 31.0 Å². The molecule has 0 saturated carbocycles. The molecule has 0 amide bonds. The molecule has 1 fully saturated rings. The van der Waals surface area contributed by atoms with Crippen molar-refractivity contribution >= 4 is 29.9 Å². The fourth-order valence-electron chi connectivity index (χ4n) is 3.16. The van der Waals surface area contributed by atoms with Gasteiger partial charge in [0.05, 0.1) is 0 Å². The molecule has 1 unspecified atom stereocenters. The zero-order valence-electron chi connectivity index (χ0n) is 14.9. The van der Waals surface area contributed by atoms with Crippen LogP contribution in [0.1, 0.15) is 24.0 Å². The Hall–Kier alpha value is -0.890. The Bertz CT molecular complexity index is 536. The smallest absolute Gasteiger partial charge is 0.190 e. The minimum Gasteiger partial charge on any atom is -0.356 e. The number of piperidine rings is 1. The van der Waals surface area contributed by atoms with Crippen LogP contribution in [0.15, 0.2) is 23.2 Å². The molecule has 1 aliphatic heterocycles. The number of rotatable bonds is 5. The van der Waals surface area contributed by atoms with Gasteiger partial charge in [0, 0.05) is 26.7 Å². The molecule has 2 N–H and O–H groups in total. The molecule has 1 aliphatic rings. The fraction of sp³-hybridized carbons (Fsp3) is 0.611. The summed E-state index contributed by atoms with van der Waals surface area (Å²) in [5.74, 6) is 1.36. The third-order valence-corrected chi connectivity index (χ3v) is 4.50. The summed E-state index contributed by atoms with van der Waals surface area (Å²) in [5, 5.41) is 6.76. The van der Waals surface area contributed by atoms with Crippen LogP contribution < -0.4 is 10.6 Å². The molecule has 1 saturated heterocycles. The molecular weight excluding hydrogens is 418 g/mol. The van der Waals surface area contributed by atoms with Crippen LogP contribution in [-0.2, 0) is 6.42 Å². The van der Waals surface area contributed by atoms with Gasteiger partial charge in [-0.25, -0.2) is 4.39 Å². The SMILES string of the molecule is CN=C(NCCc1ccc(F)cc1C)NCC1CCCN(C)C1.I. The highest BCUT2D eigenvalue weighted by atomic mass is 127. The van der Waals surface area contributed by atoms with Crippen LogP contribution >= 0.6 is 24.0 Å². The molecule has 1 aromatic carbocycles. The van der Waals surface area contributed by atoms with Crippen molar-refractivity contribution in [2.75, 3.05) is 40.3 Å². The molecule has 2 rings (SSSR count). The topological polar surface area (TPSA) is 39.7 Å². The monoisotopic (exact) mass is 448 g/mol. The molecule has 6 heteroatoms. The molecule has 0 aromatic heterocycles. The fourth-order valence-corrected chi connectivity index (χ4v) is 3.16. The maximum absolute atomic E-state index is 13.1. The summed E-state index contributed by atoms with van der Waals surface area (Å²) in [7, 11) is 3.98. The molecule has 0 aliphatic carbocycles. The quantitative estimate of drug-likeness (QED) is 0.414. The van der Waals surface area contributed by atoms with Gasteiger partial charge in [-0.3, -0.25) is 4.99 Å². The molecule has 0 spiro atoms. The molecule has 0 radical (unpaired) electrons. The van der Waals surface area contributed by atoms with Gasteiger partial charge in [-0.2, -0.15) is 0 Å². The third-order valence-electron chi connectivity index (χ3n) is 4.50. The lowest BCUT2D eigenvalue weighted by molar-refractivity contribution is 0.210. The Labute approximate surface area is 162 Å². The van der Waals surface area contributed by atoms with Gasteiger partial charge in [0.15, 0.2) is 5.96 Å². The number of guanidine groups is 1. The van der Waals surface area contributed by atoms with E-state index in [2.05, 4.69) is 27.6 Å². The highest BCUT2D eigenvalue weighted by molar-refractivity contribution is 14.0. The number of likely N-dealkylation sites (tertiary alicyclic amines) is 1. The first-order chi connectivity index (χ1) is 11.1. The first kappa shape index (κ1) is 21.2. The number of halogens is 2. The summed E-state index contributed by atoms with van der Waals surface area (Å²) in [5.41, 5.74) is 2.17. The summed E-state index contributed by atoms with van der Waals surface area (Å²) in [6, 6.07) is 4.97. The van der Waals surface area contributed by atoms with Gasteiger partial charge in [-0.1, -0.05) is 6.07 Å². The minimum atomic E-state index is -0.172. The molecule has 1 aromatic rings. The summed E-state index contributed by atoms with van der Waals surface area (Å²) in [6.45, 7) is 6.06. The molecule has 1 atom stereocenters. The van der Waals surface area contributed by atoms with Crippen LogP contribution in [0.2, 0.25) is 0 Å². The third kappa shape index (κ3) is 6.93. The number of hydrogen-bond acceptors (Lipinski definition) is 2. The minimum absolute atomic E-state index is 0. The lowest BCUT2D eigenvalue weighted by atomic mass is 9.99. The second-order valence-electron chi connectivity index (χ2n) is 6.47. The maximum Gasteiger partial charge on any atom is 0.190 e. The maximum atomic E-state index is 13.1.